The molecule has 1 atom stereocenters. The van der Waals surface area contributed by atoms with E-state index in [9.17, 15) is 0 Å². The zero-order valence-corrected chi connectivity index (χ0v) is 16.4. The highest BCUT2D eigenvalue weighted by molar-refractivity contribution is 4.55. The van der Waals surface area contributed by atoms with Crippen molar-refractivity contribution in [1.82, 2.24) is 0 Å². The van der Waals surface area contributed by atoms with E-state index >= 15 is 0 Å². The van der Waals surface area contributed by atoms with E-state index in [2.05, 4.69) is 20.8 Å². The standard InChI is InChI=1S/C23H46/c1-4-6-7-8-9-10-11-12-13-14-15-16-17-18-19-20-22-23(3)21-5-2/h23H,1-2,4-22H2,3H3. The Kier molecular flexibility index (Phi) is 20.0. The third kappa shape index (κ3) is 20.0. The Labute approximate surface area is 149 Å². The van der Waals surface area contributed by atoms with E-state index in [0.717, 1.165) is 18.8 Å². The fraction of sp³-hybridized carbons (Fsp3) is 0.913. The first kappa shape index (κ1) is 23.0. The van der Waals surface area contributed by atoms with Crippen molar-refractivity contribution in [2.45, 2.75) is 129 Å². The molecule has 0 amide bonds. The van der Waals surface area contributed by atoms with E-state index in [4.69, 9.17) is 0 Å². The molecule has 0 aliphatic carbocycles. The molecule has 1 unspecified atom stereocenters. The van der Waals surface area contributed by atoms with Crippen LogP contribution in [0.1, 0.15) is 129 Å². The van der Waals surface area contributed by atoms with Gasteiger partial charge < -0.3 is 0 Å². The van der Waals surface area contributed by atoms with Crippen LogP contribution in [0, 0.1) is 19.8 Å². The summed E-state index contributed by atoms with van der Waals surface area (Å²) < 4.78 is 0. The van der Waals surface area contributed by atoms with Gasteiger partial charge in [-0.1, -0.05) is 143 Å². The van der Waals surface area contributed by atoms with Crippen LogP contribution in [0.15, 0.2) is 0 Å². The molecule has 0 aliphatic rings. The van der Waals surface area contributed by atoms with E-state index in [0.29, 0.717) is 0 Å². The van der Waals surface area contributed by atoms with Crippen LogP contribution in [0.5, 0.6) is 0 Å². The Hall–Kier alpha value is 0. The number of rotatable bonds is 19. The highest BCUT2D eigenvalue weighted by Gasteiger charge is 2.00. The van der Waals surface area contributed by atoms with Gasteiger partial charge in [-0.25, -0.2) is 0 Å². The third-order valence-electron chi connectivity index (χ3n) is 5.14. The lowest BCUT2D eigenvalue weighted by atomic mass is 9.98. The summed E-state index contributed by atoms with van der Waals surface area (Å²) >= 11 is 0. The van der Waals surface area contributed by atoms with E-state index in [-0.39, 0.29) is 0 Å². The van der Waals surface area contributed by atoms with Gasteiger partial charge >= 0.3 is 0 Å². The highest BCUT2D eigenvalue weighted by Crippen LogP contribution is 2.17. The molecular formula is C23H46. The zero-order chi connectivity index (χ0) is 17.0. The van der Waals surface area contributed by atoms with E-state index < -0.39 is 0 Å². The van der Waals surface area contributed by atoms with Crippen molar-refractivity contribution in [3.8, 4) is 0 Å². The highest BCUT2D eigenvalue weighted by atomic mass is 14.1. The van der Waals surface area contributed by atoms with Crippen molar-refractivity contribution in [2.24, 2.45) is 5.92 Å². The average molecular weight is 323 g/mol. The van der Waals surface area contributed by atoms with Crippen molar-refractivity contribution in [2.75, 3.05) is 0 Å². The van der Waals surface area contributed by atoms with Crippen molar-refractivity contribution in [3.63, 3.8) is 0 Å². The summed E-state index contributed by atoms with van der Waals surface area (Å²) in [5, 5.41) is 0. The van der Waals surface area contributed by atoms with Crippen LogP contribution in [0.2, 0.25) is 0 Å². The van der Waals surface area contributed by atoms with Crippen molar-refractivity contribution < 1.29 is 0 Å². The Morgan fingerprint density at radius 2 is 0.783 bits per heavy atom. The molecule has 0 fully saturated rings. The second kappa shape index (κ2) is 20.0. The number of hydrogen-bond donors (Lipinski definition) is 0. The SMILES string of the molecule is [CH2]CCCCCCCCCCCCCCCCCC(C)CC[CH2]. The largest absolute Gasteiger partial charge is 0.0625 e. The minimum Gasteiger partial charge on any atom is -0.0625 e. The minimum atomic E-state index is 0.899. The van der Waals surface area contributed by atoms with Crippen molar-refractivity contribution in [1.29, 1.82) is 0 Å². The predicted octanol–water partition coefficient (Wildman–Crippen LogP) is 8.70. The Morgan fingerprint density at radius 1 is 0.435 bits per heavy atom. The van der Waals surface area contributed by atoms with Crippen LogP contribution >= 0.6 is 0 Å². The summed E-state index contributed by atoms with van der Waals surface area (Å²) in [5.74, 6) is 0.899. The summed E-state index contributed by atoms with van der Waals surface area (Å²) in [6.07, 6.45) is 26.7. The van der Waals surface area contributed by atoms with Crippen molar-refractivity contribution >= 4 is 0 Å². The zero-order valence-electron chi connectivity index (χ0n) is 16.4. The molecule has 0 spiro atoms. The first-order chi connectivity index (χ1) is 11.3. The molecule has 0 aromatic carbocycles. The first-order valence-electron chi connectivity index (χ1n) is 10.9. The summed E-state index contributed by atoms with van der Waals surface area (Å²) in [6.45, 7) is 10.2. The van der Waals surface area contributed by atoms with Gasteiger partial charge in [-0.15, -0.1) is 0 Å². The molecule has 0 saturated heterocycles. The molecular weight excluding hydrogens is 276 g/mol. The Bertz CT molecular complexity index is 196. The van der Waals surface area contributed by atoms with E-state index in [1.165, 1.54) is 109 Å². The monoisotopic (exact) mass is 322 g/mol. The summed E-state index contributed by atoms with van der Waals surface area (Å²) in [5.41, 5.74) is 0. The molecule has 0 saturated carbocycles. The van der Waals surface area contributed by atoms with Gasteiger partial charge in [0.05, 0.1) is 0 Å². The normalized spacial score (nSPS) is 12.7. The number of hydrogen-bond acceptors (Lipinski definition) is 0. The molecule has 2 radical (unpaired) electrons. The maximum Gasteiger partial charge on any atom is -0.0443 e. The van der Waals surface area contributed by atoms with Crippen molar-refractivity contribution in [3.05, 3.63) is 13.8 Å². The first-order valence-corrected chi connectivity index (χ1v) is 10.9. The van der Waals surface area contributed by atoms with Gasteiger partial charge in [-0.05, 0) is 5.92 Å². The second-order valence-electron chi connectivity index (χ2n) is 7.69. The summed E-state index contributed by atoms with van der Waals surface area (Å²) in [4.78, 5) is 0. The van der Waals surface area contributed by atoms with Crippen LogP contribution < -0.4 is 0 Å². The average Bonchev–Trinajstić information content (AvgIpc) is 2.54. The molecule has 0 heteroatoms. The van der Waals surface area contributed by atoms with Crippen LogP contribution in [0.3, 0.4) is 0 Å². The van der Waals surface area contributed by atoms with Gasteiger partial charge in [0, 0.05) is 0 Å². The molecule has 0 heterocycles. The molecule has 0 aromatic heterocycles. The van der Waals surface area contributed by atoms with Crippen LogP contribution in [0.4, 0.5) is 0 Å². The third-order valence-corrected chi connectivity index (χ3v) is 5.14. The Morgan fingerprint density at radius 3 is 1.13 bits per heavy atom. The summed E-state index contributed by atoms with van der Waals surface area (Å²) in [6, 6.07) is 0. The Balaban J connectivity index is 3.00. The van der Waals surface area contributed by atoms with E-state index in [1.807, 2.05) is 0 Å². The molecule has 0 aliphatic heterocycles. The fourth-order valence-corrected chi connectivity index (χ4v) is 3.46. The molecule has 0 bridgehead atoms. The van der Waals surface area contributed by atoms with Gasteiger partial charge in [-0.2, -0.15) is 0 Å². The van der Waals surface area contributed by atoms with Crippen LogP contribution in [-0.2, 0) is 0 Å². The maximum atomic E-state index is 3.95. The molecule has 23 heavy (non-hydrogen) atoms. The molecule has 138 valence electrons. The van der Waals surface area contributed by atoms with Crippen LogP contribution in [0.25, 0.3) is 0 Å². The minimum absolute atomic E-state index is 0.899. The maximum absolute atomic E-state index is 3.95. The van der Waals surface area contributed by atoms with Gasteiger partial charge in [0.25, 0.3) is 0 Å². The lowest BCUT2D eigenvalue weighted by Crippen LogP contribution is -1.93. The topological polar surface area (TPSA) is 0 Å². The van der Waals surface area contributed by atoms with Gasteiger partial charge in [0.15, 0.2) is 0 Å². The quantitative estimate of drug-likeness (QED) is 0.209. The smallest absolute Gasteiger partial charge is 0.0443 e. The molecule has 0 aromatic rings. The second-order valence-corrected chi connectivity index (χ2v) is 7.69. The molecule has 0 rings (SSSR count). The number of unbranched alkanes of at least 4 members (excludes halogenated alkanes) is 15. The molecule has 0 N–H and O–H groups in total. The summed E-state index contributed by atoms with van der Waals surface area (Å²) in [7, 11) is 0. The predicted molar refractivity (Wildman–Crippen MR) is 108 cm³/mol. The fourth-order valence-electron chi connectivity index (χ4n) is 3.46. The lowest BCUT2D eigenvalue weighted by molar-refractivity contribution is 0.456. The lowest BCUT2D eigenvalue weighted by Gasteiger charge is -2.09. The van der Waals surface area contributed by atoms with E-state index in [1.54, 1.807) is 0 Å². The van der Waals surface area contributed by atoms with Gasteiger partial charge in [0.2, 0.25) is 0 Å². The van der Waals surface area contributed by atoms with Gasteiger partial charge in [-0.3, -0.25) is 0 Å². The van der Waals surface area contributed by atoms with Crippen LogP contribution in [-0.4, -0.2) is 0 Å². The van der Waals surface area contributed by atoms with Gasteiger partial charge in [0.1, 0.15) is 0 Å². The molecule has 0 nitrogen and oxygen atoms in total.